The molecular formula is C26H29N3O6. The molecule has 1 atom stereocenters. The smallest absolute Gasteiger partial charge is 0.407 e. The van der Waals surface area contributed by atoms with E-state index in [2.05, 4.69) is 10.6 Å². The van der Waals surface area contributed by atoms with Crippen LogP contribution in [0.25, 0.3) is 11.1 Å². The highest BCUT2D eigenvalue weighted by Crippen LogP contribution is 2.44. The van der Waals surface area contributed by atoms with Crippen LogP contribution in [-0.2, 0) is 19.1 Å². The first-order valence-electron chi connectivity index (χ1n) is 11.8. The van der Waals surface area contributed by atoms with E-state index >= 15 is 0 Å². The average molecular weight is 480 g/mol. The standard InChI is InChI=1S/C26H29N3O6/c30-23(27-15-24(31)29-13-7-1-2-12-22(29)25(32)33)14-28-26(34)35-16-21-19-10-5-3-8-17(19)18-9-4-6-11-20(18)21/h3-6,8-11,21-22H,1-2,7,12-16H2,(H,27,30)(H,28,34)(H,32,33). The molecule has 1 unspecified atom stereocenters. The molecule has 0 bridgehead atoms. The highest BCUT2D eigenvalue weighted by Gasteiger charge is 2.31. The molecule has 3 N–H and O–H groups in total. The number of rotatable bonds is 7. The number of hydrogen-bond acceptors (Lipinski definition) is 5. The minimum atomic E-state index is -1.04. The van der Waals surface area contributed by atoms with Crippen LogP contribution in [0.2, 0.25) is 0 Å². The van der Waals surface area contributed by atoms with Gasteiger partial charge in [0.1, 0.15) is 19.2 Å². The van der Waals surface area contributed by atoms with Crippen molar-refractivity contribution in [2.24, 2.45) is 0 Å². The Morgan fingerprint density at radius 3 is 2.20 bits per heavy atom. The van der Waals surface area contributed by atoms with Gasteiger partial charge in [-0.2, -0.15) is 0 Å². The number of likely N-dealkylation sites (tertiary alicyclic amines) is 1. The summed E-state index contributed by atoms with van der Waals surface area (Å²) in [4.78, 5) is 49.7. The van der Waals surface area contributed by atoms with Crippen LogP contribution in [0.1, 0.15) is 42.7 Å². The van der Waals surface area contributed by atoms with E-state index in [4.69, 9.17) is 4.74 Å². The molecule has 35 heavy (non-hydrogen) atoms. The lowest BCUT2D eigenvalue weighted by molar-refractivity contribution is -0.150. The van der Waals surface area contributed by atoms with Crippen molar-refractivity contribution >= 4 is 23.9 Å². The first kappa shape index (κ1) is 24.3. The van der Waals surface area contributed by atoms with Crippen molar-refractivity contribution in [1.29, 1.82) is 0 Å². The maximum absolute atomic E-state index is 12.5. The summed E-state index contributed by atoms with van der Waals surface area (Å²) in [7, 11) is 0. The van der Waals surface area contributed by atoms with Crippen LogP contribution in [0, 0.1) is 0 Å². The second-order valence-corrected chi connectivity index (χ2v) is 8.75. The second kappa shape index (κ2) is 11.0. The highest BCUT2D eigenvalue weighted by molar-refractivity contribution is 5.89. The predicted molar refractivity (Wildman–Crippen MR) is 128 cm³/mol. The molecule has 1 saturated heterocycles. The molecule has 0 aromatic heterocycles. The van der Waals surface area contributed by atoms with Crippen molar-refractivity contribution in [3.8, 4) is 11.1 Å². The van der Waals surface area contributed by atoms with Crippen molar-refractivity contribution in [3.63, 3.8) is 0 Å². The highest BCUT2D eigenvalue weighted by atomic mass is 16.5. The van der Waals surface area contributed by atoms with Crippen LogP contribution in [-0.4, -0.2) is 66.2 Å². The summed E-state index contributed by atoms with van der Waals surface area (Å²) in [5.41, 5.74) is 4.42. The molecule has 0 saturated carbocycles. The van der Waals surface area contributed by atoms with E-state index in [1.807, 2.05) is 48.5 Å². The fourth-order valence-electron chi connectivity index (χ4n) is 4.80. The molecule has 0 spiro atoms. The van der Waals surface area contributed by atoms with Gasteiger partial charge in [0, 0.05) is 12.5 Å². The summed E-state index contributed by atoms with van der Waals surface area (Å²) in [6.45, 7) is -0.198. The number of nitrogens with one attached hydrogen (secondary N) is 2. The minimum absolute atomic E-state index is 0.0876. The SMILES string of the molecule is O=C(CNC(=O)OCC1c2ccccc2-c2ccccc21)NCC(=O)N1CCCCCC1C(=O)O. The fraction of sp³-hybridized carbons (Fsp3) is 0.385. The van der Waals surface area contributed by atoms with Gasteiger partial charge in [-0.15, -0.1) is 0 Å². The lowest BCUT2D eigenvalue weighted by atomic mass is 9.98. The molecular weight excluding hydrogens is 450 g/mol. The lowest BCUT2D eigenvalue weighted by Gasteiger charge is -2.27. The van der Waals surface area contributed by atoms with Crippen LogP contribution in [0.4, 0.5) is 4.79 Å². The Morgan fingerprint density at radius 2 is 1.54 bits per heavy atom. The van der Waals surface area contributed by atoms with E-state index in [1.54, 1.807) is 0 Å². The van der Waals surface area contributed by atoms with Crippen LogP contribution in [0.15, 0.2) is 48.5 Å². The minimum Gasteiger partial charge on any atom is -0.480 e. The van der Waals surface area contributed by atoms with E-state index < -0.39 is 29.9 Å². The van der Waals surface area contributed by atoms with Gasteiger partial charge in [0.05, 0.1) is 6.54 Å². The number of carboxylic acid groups (broad SMARTS) is 1. The molecule has 1 aliphatic carbocycles. The Kier molecular flexibility index (Phi) is 7.64. The normalized spacial score (nSPS) is 17.0. The second-order valence-electron chi connectivity index (χ2n) is 8.75. The van der Waals surface area contributed by atoms with Crippen molar-refractivity contribution in [1.82, 2.24) is 15.5 Å². The molecule has 184 valence electrons. The van der Waals surface area contributed by atoms with E-state index in [0.29, 0.717) is 13.0 Å². The summed E-state index contributed by atoms with van der Waals surface area (Å²) in [5.74, 6) is -2.14. The zero-order valence-electron chi connectivity index (χ0n) is 19.4. The van der Waals surface area contributed by atoms with Gasteiger partial charge in [0.2, 0.25) is 11.8 Å². The average Bonchev–Trinajstić information content (AvgIpc) is 3.00. The Hall–Kier alpha value is -3.88. The number of benzene rings is 2. The number of fused-ring (bicyclic) bond motifs is 3. The Bertz CT molecular complexity index is 1070. The lowest BCUT2D eigenvalue weighted by Crippen LogP contribution is -2.49. The topological polar surface area (TPSA) is 125 Å². The summed E-state index contributed by atoms with van der Waals surface area (Å²) >= 11 is 0. The fourth-order valence-corrected chi connectivity index (χ4v) is 4.80. The van der Waals surface area contributed by atoms with E-state index in [0.717, 1.165) is 41.5 Å². The van der Waals surface area contributed by atoms with Gasteiger partial charge < -0.3 is 25.4 Å². The molecule has 0 radical (unpaired) electrons. The summed E-state index contributed by atoms with van der Waals surface area (Å²) in [6.07, 6.45) is 2.01. The van der Waals surface area contributed by atoms with E-state index in [-0.39, 0.29) is 25.6 Å². The van der Waals surface area contributed by atoms with E-state index in [1.165, 1.54) is 4.90 Å². The van der Waals surface area contributed by atoms with Gasteiger partial charge in [0.15, 0.2) is 0 Å². The molecule has 2 aromatic carbocycles. The molecule has 2 aromatic rings. The summed E-state index contributed by atoms with van der Waals surface area (Å²) in [6, 6.07) is 15.1. The van der Waals surface area contributed by atoms with Gasteiger partial charge in [-0.1, -0.05) is 61.4 Å². The number of alkyl carbamates (subject to hydrolysis) is 1. The van der Waals surface area contributed by atoms with Crippen molar-refractivity contribution in [2.75, 3.05) is 26.2 Å². The van der Waals surface area contributed by atoms with E-state index in [9.17, 15) is 24.3 Å². The third-order valence-electron chi connectivity index (χ3n) is 6.53. The van der Waals surface area contributed by atoms with Crippen molar-refractivity contribution < 1.29 is 29.0 Å². The molecule has 9 heteroatoms. The zero-order valence-corrected chi connectivity index (χ0v) is 19.4. The molecule has 3 amide bonds. The zero-order chi connectivity index (χ0) is 24.8. The number of nitrogens with zero attached hydrogens (tertiary/aromatic N) is 1. The Labute approximate surface area is 203 Å². The molecule has 4 rings (SSSR count). The molecule has 1 heterocycles. The third-order valence-corrected chi connectivity index (χ3v) is 6.53. The Balaban J connectivity index is 1.23. The number of hydrogen-bond donors (Lipinski definition) is 3. The molecule has 1 aliphatic heterocycles. The molecule has 9 nitrogen and oxygen atoms in total. The number of amides is 3. The van der Waals surface area contributed by atoms with Gasteiger partial charge in [-0.05, 0) is 35.1 Å². The predicted octanol–water partition coefficient (Wildman–Crippen LogP) is 2.50. The summed E-state index contributed by atoms with van der Waals surface area (Å²) in [5, 5.41) is 14.2. The number of carbonyl (C=O) groups excluding carboxylic acids is 3. The summed E-state index contributed by atoms with van der Waals surface area (Å²) < 4.78 is 5.39. The largest absolute Gasteiger partial charge is 0.480 e. The van der Waals surface area contributed by atoms with Gasteiger partial charge in [-0.25, -0.2) is 9.59 Å². The first-order valence-corrected chi connectivity index (χ1v) is 11.8. The maximum atomic E-state index is 12.5. The van der Waals surface area contributed by atoms with Crippen molar-refractivity contribution in [3.05, 3.63) is 59.7 Å². The van der Waals surface area contributed by atoms with Gasteiger partial charge in [-0.3, -0.25) is 9.59 Å². The van der Waals surface area contributed by atoms with Crippen LogP contribution in [0.5, 0.6) is 0 Å². The number of ether oxygens (including phenoxy) is 1. The number of aliphatic carboxylic acids is 1. The quantitative estimate of drug-likeness (QED) is 0.560. The van der Waals surface area contributed by atoms with Crippen LogP contribution >= 0.6 is 0 Å². The van der Waals surface area contributed by atoms with Crippen LogP contribution < -0.4 is 10.6 Å². The monoisotopic (exact) mass is 479 g/mol. The first-order chi connectivity index (χ1) is 17.0. The Morgan fingerprint density at radius 1 is 0.886 bits per heavy atom. The van der Waals surface area contributed by atoms with Gasteiger partial charge >= 0.3 is 12.1 Å². The molecule has 1 fully saturated rings. The van der Waals surface area contributed by atoms with Crippen LogP contribution in [0.3, 0.4) is 0 Å². The molecule has 2 aliphatic rings. The maximum Gasteiger partial charge on any atom is 0.407 e. The third kappa shape index (κ3) is 5.62. The van der Waals surface area contributed by atoms with Crippen molar-refractivity contribution in [2.45, 2.75) is 37.6 Å². The van der Waals surface area contributed by atoms with Gasteiger partial charge in [0.25, 0.3) is 0 Å². The number of carbonyl (C=O) groups is 4. The number of carboxylic acids is 1.